The Morgan fingerprint density at radius 3 is 2.71 bits per heavy atom. The fourth-order valence-electron chi connectivity index (χ4n) is 3.96. The Morgan fingerprint density at radius 2 is 2.00 bits per heavy atom. The highest BCUT2D eigenvalue weighted by molar-refractivity contribution is 6.04. The highest BCUT2D eigenvalue weighted by Crippen LogP contribution is 2.16. The Morgan fingerprint density at radius 1 is 1.25 bits per heavy atom. The molecule has 1 saturated heterocycles. The number of hydrogen-bond acceptors (Lipinski definition) is 4. The van der Waals surface area contributed by atoms with Gasteiger partial charge in [0.05, 0.1) is 11.4 Å². The minimum atomic E-state index is -0.211. The van der Waals surface area contributed by atoms with Crippen LogP contribution >= 0.6 is 0 Å². The lowest BCUT2D eigenvalue weighted by Gasteiger charge is -2.30. The quantitative estimate of drug-likeness (QED) is 0.745. The van der Waals surface area contributed by atoms with Gasteiger partial charge in [0.25, 0.3) is 11.5 Å². The van der Waals surface area contributed by atoms with Crippen LogP contribution in [0, 0.1) is 5.92 Å². The topological polar surface area (TPSA) is 67.2 Å². The molecule has 6 heteroatoms. The van der Waals surface area contributed by atoms with E-state index in [-0.39, 0.29) is 17.5 Å². The maximum Gasteiger partial charge on any atom is 0.274 e. The van der Waals surface area contributed by atoms with E-state index in [2.05, 4.69) is 22.2 Å². The molecule has 1 atom stereocenters. The Kier molecular flexibility index (Phi) is 6.83. The van der Waals surface area contributed by atoms with Crippen LogP contribution in [0.2, 0.25) is 0 Å². The second kappa shape index (κ2) is 9.32. The van der Waals surface area contributed by atoms with Crippen LogP contribution in [0.15, 0.2) is 29.1 Å². The van der Waals surface area contributed by atoms with Gasteiger partial charge in [0.1, 0.15) is 0 Å². The number of benzene rings is 1. The van der Waals surface area contributed by atoms with Crippen molar-refractivity contribution in [2.24, 2.45) is 5.92 Å². The number of nitrogens with zero attached hydrogens (tertiary/aromatic N) is 3. The number of amides is 1. The predicted molar refractivity (Wildman–Crippen MR) is 113 cm³/mol. The zero-order valence-electron chi connectivity index (χ0n) is 17.3. The number of fused-ring (bicyclic) bond motifs is 1. The van der Waals surface area contributed by atoms with Crippen LogP contribution in [0.3, 0.4) is 0 Å². The fraction of sp³-hybridized carbons (Fsp3) is 0.591. The third-order valence-electron chi connectivity index (χ3n) is 5.46. The number of carbonyl (C=O) groups is 1. The molecule has 3 rings (SSSR count). The number of rotatable bonds is 7. The lowest BCUT2D eigenvalue weighted by atomic mass is 10.0. The van der Waals surface area contributed by atoms with E-state index in [4.69, 9.17) is 0 Å². The highest BCUT2D eigenvalue weighted by atomic mass is 16.2. The monoisotopic (exact) mass is 384 g/mol. The number of hydrogen-bond donors (Lipinski definition) is 1. The predicted octanol–water partition coefficient (Wildman–Crippen LogP) is 3.22. The van der Waals surface area contributed by atoms with Gasteiger partial charge in [-0.25, -0.2) is 4.68 Å². The maximum atomic E-state index is 12.8. The molecule has 1 aliphatic rings. The first-order chi connectivity index (χ1) is 13.5. The summed E-state index contributed by atoms with van der Waals surface area (Å²) in [6.07, 6.45) is 4.65. The van der Waals surface area contributed by atoms with E-state index in [0.717, 1.165) is 25.3 Å². The van der Waals surface area contributed by atoms with Gasteiger partial charge in [-0.1, -0.05) is 25.1 Å². The molecule has 0 saturated carbocycles. The van der Waals surface area contributed by atoms with Crippen LogP contribution in [0.4, 0.5) is 0 Å². The number of nitrogens with one attached hydrogen (secondary N) is 1. The molecular weight excluding hydrogens is 352 g/mol. The van der Waals surface area contributed by atoms with Gasteiger partial charge in [-0.15, -0.1) is 0 Å². The maximum absolute atomic E-state index is 12.8. The van der Waals surface area contributed by atoms with Crippen LogP contribution in [0.1, 0.15) is 63.0 Å². The third-order valence-corrected chi connectivity index (χ3v) is 5.46. The van der Waals surface area contributed by atoms with E-state index in [9.17, 15) is 9.59 Å². The van der Waals surface area contributed by atoms with Crippen LogP contribution < -0.4 is 10.9 Å². The Hall–Kier alpha value is -2.21. The summed E-state index contributed by atoms with van der Waals surface area (Å²) >= 11 is 0. The van der Waals surface area contributed by atoms with Crippen molar-refractivity contribution in [2.45, 2.75) is 52.5 Å². The molecule has 1 amide bonds. The normalized spacial score (nSPS) is 17.9. The van der Waals surface area contributed by atoms with Crippen molar-refractivity contribution in [3.63, 3.8) is 0 Å². The van der Waals surface area contributed by atoms with Crippen molar-refractivity contribution >= 4 is 16.7 Å². The van der Waals surface area contributed by atoms with Crippen LogP contribution in [-0.4, -0.2) is 46.8 Å². The first-order valence-electron chi connectivity index (χ1n) is 10.5. The van der Waals surface area contributed by atoms with Crippen molar-refractivity contribution in [1.82, 2.24) is 20.0 Å². The summed E-state index contributed by atoms with van der Waals surface area (Å²) in [5.74, 6) is 0.585. The average molecular weight is 385 g/mol. The largest absolute Gasteiger partial charge is 0.351 e. The van der Waals surface area contributed by atoms with E-state index in [0.29, 0.717) is 23.0 Å². The van der Waals surface area contributed by atoms with Gasteiger partial charge in [-0.2, -0.15) is 5.10 Å². The molecule has 0 radical (unpaired) electrons. The summed E-state index contributed by atoms with van der Waals surface area (Å²) in [5.41, 5.74) is 0.173. The average Bonchev–Trinajstić information content (AvgIpc) is 2.68. The van der Waals surface area contributed by atoms with Crippen molar-refractivity contribution in [1.29, 1.82) is 0 Å². The molecular formula is C22H32N4O2. The van der Waals surface area contributed by atoms with Crippen molar-refractivity contribution in [3.05, 3.63) is 40.3 Å². The van der Waals surface area contributed by atoms with Crippen molar-refractivity contribution < 1.29 is 4.79 Å². The summed E-state index contributed by atoms with van der Waals surface area (Å²) in [7, 11) is 0. The van der Waals surface area contributed by atoms with E-state index in [1.54, 1.807) is 12.1 Å². The minimum absolute atomic E-state index is 0.101. The zero-order valence-corrected chi connectivity index (χ0v) is 17.3. The van der Waals surface area contributed by atoms with Crippen LogP contribution in [0.25, 0.3) is 10.8 Å². The first-order valence-corrected chi connectivity index (χ1v) is 10.5. The summed E-state index contributed by atoms with van der Waals surface area (Å²) < 4.78 is 1.40. The van der Waals surface area contributed by atoms with E-state index >= 15 is 0 Å². The molecule has 1 N–H and O–H groups in total. The molecule has 6 nitrogen and oxygen atoms in total. The second-order valence-electron chi connectivity index (χ2n) is 8.25. The molecule has 1 aliphatic heterocycles. The van der Waals surface area contributed by atoms with Gasteiger partial charge < -0.3 is 10.2 Å². The highest BCUT2D eigenvalue weighted by Gasteiger charge is 2.18. The molecule has 1 aromatic carbocycles. The Labute approximate surface area is 166 Å². The molecule has 1 unspecified atom stereocenters. The number of unbranched alkanes of at least 4 members (excludes halogenated alkanes) is 1. The molecule has 2 aromatic rings. The molecule has 0 aliphatic carbocycles. The summed E-state index contributed by atoms with van der Waals surface area (Å²) in [6, 6.07) is 7.10. The summed E-state index contributed by atoms with van der Waals surface area (Å²) in [6.45, 7) is 10.2. The smallest absolute Gasteiger partial charge is 0.274 e. The third kappa shape index (κ3) is 4.79. The molecule has 1 fully saturated rings. The number of likely N-dealkylation sites (tertiary alicyclic amines) is 1. The fourth-order valence-corrected chi connectivity index (χ4v) is 3.96. The molecule has 1 aromatic heterocycles. The molecule has 152 valence electrons. The van der Waals surface area contributed by atoms with Crippen molar-refractivity contribution in [2.75, 3.05) is 26.2 Å². The lowest BCUT2D eigenvalue weighted by molar-refractivity contribution is 0.0946. The molecule has 0 bridgehead atoms. The second-order valence-corrected chi connectivity index (χ2v) is 8.25. The van der Waals surface area contributed by atoms with E-state index < -0.39 is 0 Å². The molecule has 0 spiro atoms. The zero-order chi connectivity index (χ0) is 20.1. The lowest BCUT2D eigenvalue weighted by Crippen LogP contribution is -2.35. The minimum Gasteiger partial charge on any atom is -0.351 e. The van der Waals surface area contributed by atoms with Gasteiger partial charge >= 0.3 is 0 Å². The first kappa shape index (κ1) is 20.5. The van der Waals surface area contributed by atoms with Crippen LogP contribution in [-0.2, 0) is 0 Å². The SMILES string of the molecule is CC1CCCN(CCCCNC(=O)c2nn(C(C)C)c(=O)c3ccccc23)C1. The van der Waals surface area contributed by atoms with E-state index in [1.807, 2.05) is 26.0 Å². The number of piperidine rings is 1. The number of carbonyl (C=O) groups excluding carboxylic acids is 1. The van der Waals surface area contributed by atoms with Crippen molar-refractivity contribution in [3.8, 4) is 0 Å². The Balaban J connectivity index is 1.60. The summed E-state index contributed by atoms with van der Waals surface area (Å²) in [4.78, 5) is 27.9. The molecule has 2 heterocycles. The van der Waals surface area contributed by atoms with Crippen LogP contribution in [0.5, 0.6) is 0 Å². The van der Waals surface area contributed by atoms with Gasteiger partial charge in [-0.3, -0.25) is 9.59 Å². The standard InChI is InChI=1S/C22H32N4O2/c1-16(2)26-22(28)19-11-5-4-10-18(19)20(24-26)21(27)23-12-6-7-13-25-14-8-9-17(3)15-25/h4-5,10-11,16-17H,6-9,12-15H2,1-3H3,(H,23,27). The van der Waals surface area contributed by atoms with Gasteiger partial charge in [0.2, 0.25) is 0 Å². The van der Waals surface area contributed by atoms with Gasteiger partial charge in [-0.05, 0) is 64.6 Å². The number of aromatic nitrogens is 2. The van der Waals surface area contributed by atoms with Gasteiger partial charge in [0.15, 0.2) is 5.69 Å². The Bertz CT molecular complexity index is 874. The summed E-state index contributed by atoms with van der Waals surface area (Å²) in [5, 5.41) is 8.50. The van der Waals surface area contributed by atoms with E-state index in [1.165, 1.54) is 30.6 Å². The molecule has 28 heavy (non-hydrogen) atoms. The van der Waals surface area contributed by atoms with Gasteiger partial charge in [0, 0.05) is 18.5 Å².